The Labute approximate surface area is 127 Å². The standard InChI is InChI=1S/C13H16N2O3S2/c1-14-11(7-20-8-12(16)17)13(18)15(9-19)10-5-3-2-4-6-10/h2-6,9,11,14H,7-8H2,1H3,(H,16,17). The molecule has 20 heavy (non-hydrogen) atoms. The fourth-order valence-electron chi connectivity index (χ4n) is 1.54. The summed E-state index contributed by atoms with van der Waals surface area (Å²) in [7, 11) is 1.66. The van der Waals surface area contributed by atoms with E-state index < -0.39 is 12.0 Å². The number of thiocarbonyl (C=S) groups is 1. The number of anilines is 1. The zero-order chi connectivity index (χ0) is 15.0. The normalized spacial score (nSPS) is 11.7. The molecule has 1 atom stereocenters. The molecule has 0 saturated heterocycles. The zero-order valence-electron chi connectivity index (χ0n) is 11.0. The summed E-state index contributed by atoms with van der Waals surface area (Å²) >= 11 is 6.09. The van der Waals surface area contributed by atoms with E-state index in [4.69, 9.17) is 17.3 Å². The molecule has 0 fully saturated rings. The van der Waals surface area contributed by atoms with Gasteiger partial charge in [0.05, 0.1) is 17.3 Å². The minimum absolute atomic E-state index is 0.0333. The molecule has 0 aliphatic carbocycles. The third-order valence-corrected chi connectivity index (χ3v) is 3.76. The summed E-state index contributed by atoms with van der Waals surface area (Å²) in [5, 5.41) is 11.5. The zero-order valence-corrected chi connectivity index (χ0v) is 12.6. The summed E-state index contributed by atoms with van der Waals surface area (Å²) in [6.45, 7) is 0. The quantitative estimate of drug-likeness (QED) is 0.707. The number of likely N-dealkylation sites (N-methyl/N-ethyl adjacent to an activating group) is 1. The van der Waals surface area contributed by atoms with Crippen LogP contribution in [0.2, 0.25) is 0 Å². The molecule has 0 saturated carbocycles. The Morgan fingerprint density at radius 1 is 1.45 bits per heavy atom. The van der Waals surface area contributed by atoms with Gasteiger partial charge in [0, 0.05) is 11.4 Å². The molecule has 1 aromatic rings. The Kier molecular flexibility index (Phi) is 7.21. The Morgan fingerprint density at radius 2 is 2.10 bits per heavy atom. The van der Waals surface area contributed by atoms with E-state index in [1.54, 1.807) is 19.2 Å². The van der Waals surface area contributed by atoms with Gasteiger partial charge < -0.3 is 10.4 Å². The molecule has 0 aromatic heterocycles. The number of hydrogen-bond acceptors (Lipinski definition) is 5. The second-order valence-electron chi connectivity index (χ2n) is 3.90. The molecule has 0 aliphatic heterocycles. The molecule has 0 heterocycles. The van der Waals surface area contributed by atoms with Gasteiger partial charge in [-0.3, -0.25) is 14.5 Å². The minimum atomic E-state index is -0.896. The second kappa shape index (κ2) is 8.68. The molecule has 0 aliphatic rings. The second-order valence-corrected chi connectivity index (χ2v) is 5.14. The van der Waals surface area contributed by atoms with Gasteiger partial charge in [-0.25, -0.2) is 0 Å². The van der Waals surface area contributed by atoms with Crippen molar-refractivity contribution in [3.8, 4) is 0 Å². The molecular weight excluding hydrogens is 296 g/mol. The van der Waals surface area contributed by atoms with E-state index >= 15 is 0 Å². The molecule has 5 nitrogen and oxygen atoms in total. The van der Waals surface area contributed by atoms with Gasteiger partial charge in [-0.1, -0.05) is 30.4 Å². The molecule has 1 unspecified atom stereocenters. The van der Waals surface area contributed by atoms with Crippen LogP contribution in [-0.2, 0) is 9.59 Å². The molecule has 0 spiro atoms. The molecule has 1 rings (SSSR count). The predicted molar refractivity (Wildman–Crippen MR) is 85.4 cm³/mol. The fourth-order valence-corrected chi connectivity index (χ4v) is 2.60. The van der Waals surface area contributed by atoms with Gasteiger partial charge in [-0.15, -0.1) is 11.8 Å². The first kappa shape index (κ1) is 16.6. The number of carbonyl (C=O) groups is 2. The van der Waals surface area contributed by atoms with Crippen LogP contribution in [0.3, 0.4) is 0 Å². The summed E-state index contributed by atoms with van der Waals surface area (Å²) in [6.07, 6.45) is 0. The monoisotopic (exact) mass is 312 g/mol. The van der Waals surface area contributed by atoms with Crippen molar-refractivity contribution in [2.24, 2.45) is 0 Å². The number of carbonyl (C=O) groups excluding carboxylic acids is 1. The van der Waals surface area contributed by atoms with Crippen molar-refractivity contribution < 1.29 is 14.7 Å². The topological polar surface area (TPSA) is 69.6 Å². The molecule has 1 amide bonds. The van der Waals surface area contributed by atoms with E-state index in [0.717, 1.165) is 0 Å². The van der Waals surface area contributed by atoms with Crippen LogP contribution in [0.15, 0.2) is 30.3 Å². The van der Waals surface area contributed by atoms with Crippen LogP contribution in [0, 0.1) is 0 Å². The maximum absolute atomic E-state index is 12.4. The average Bonchev–Trinajstić information content (AvgIpc) is 2.45. The number of aliphatic carboxylic acids is 1. The first-order valence-corrected chi connectivity index (χ1v) is 7.53. The van der Waals surface area contributed by atoms with Crippen molar-refractivity contribution in [1.82, 2.24) is 5.32 Å². The molecule has 7 heteroatoms. The Hall–Kier alpha value is -1.44. The number of amides is 1. The van der Waals surface area contributed by atoms with Crippen molar-refractivity contribution >= 4 is 47.0 Å². The van der Waals surface area contributed by atoms with E-state index in [2.05, 4.69) is 5.32 Å². The highest BCUT2D eigenvalue weighted by Gasteiger charge is 2.23. The van der Waals surface area contributed by atoms with E-state index in [1.165, 1.54) is 22.2 Å². The third-order valence-electron chi connectivity index (χ3n) is 2.53. The largest absolute Gasteiger partial charge is 0.481 e. The van der Waals surface area contributed by atoms with E-state index in [0.29, 0.717) is 11.4 Å². The van der Waals surface area contributed by atoms with Crippen LogP contribution in [-0.4, -0.2) is 47.1 Å². The molecule has 2 N–H and O–H groups in total. The summed E-state index contributed by atoms with van der Waals surface area (Å²) in [5.74, 6) is -0.763. The summed E-state index contributed by atoms with van der Waals surface area (Å²) < 4.78 is 0. The van der Waals surface area contributed by atoms with Crippen LogP contribution >= 0.6 is 24.0 Å². The Morgan fingerprint density at radius 3 is 2.60 bits per heavy atom. The van der Waals surface area contributed by atoms with Crippen LogP contribution in [0.1, 0.15) is 0 Å². The molecule has 1 aromatic carbocycles. The lowest BCUT2D eigenvalue weighted by molar-refractivity contribution is -0.134. The maximum atomic E-state index is 12.4. The van der Waals surface area contributed by atoms with Gasteiger partial charge in [-0.2, -0.15) is 0 Å². The lowest BCUT2D eigenvalue weighted by atomic mass is 10.2. The number of thioether (sulfide) groups is 1. The molecule has 0 radical (unpaired) electrons. The Balaban J connectivity index is 2.72. The van der Waals surface area contributed by atoms with Crippen molar-refractivity contribution in [2.45, 2.75) is 6.04 Å². The highest BCUT2D eigenvalue weighted by molar-refractivity contribution is 8.00. The number of carboxylic acid groups (broad SMARTS) is 1. The fraction of sp³-hybridized carbons (Fsp3) is 0.308. The van der Waals surface area contributed by atoms with Gasteiger partial charge >= 0.3 is 5.97 Å². The number of hydrogen-bond donors (Lipinski definition) is 2. The van der Waals surface area contributed by atoms with Gasteiger partial charge in [0.15, 0.2) is 0 Å². The maximum Gasteiger partial charge on any atom is 0.313 e. The van der Waals surface area contributed by atoms with Gasteiger partial charge in [0.2, 0.25) is 5.91 Å². The van der Waals surface area contributed by atoms with Crippen LogP contribution in [0.25, 0.3) is 0 Å². The van der Waals surface area contributed by atoms with E-state index in [9.17, 15) is 9.59 Å². The van der Waals surface area contributed by atoms with Crippen LogP contribution in [0.5, 0.6) is 0 Å². The van der Waals surface area contributed by atoms with E-state index in [-0.39, 0.29) is 11.7 Å². The number of nitrogens with one attached hydrogen (secondary N) is 1. The molecule has 108 valence electrons. The van der Waals surface area contributed by atoms with Crippen LogP contribution in [0.4, 0.5) is 5.69 Å². The SMILES string of the molecule is CNC(CSCC(=O)O)C(=O)N(C=S)c1ccccc1. The highest BCUT2D eigenvalue weighted by atomic mass is 32.2. The number of rotatable bonds is 8. The van der Waals surface area contributed by atoms with Crippen molar-refractivity contribution in [2.75, 3.05) is 23.5 Å². The van der Waals surface area contributed by atoms with Crippen molar-refractivity contribution in [3.05, 3.63) is 30.3 Å². The van der Waals surface area contributed by atoms with Gasteiger partial charge in [-0.05, 0) is 19.2 Å². The number of benzene rings is 1. The third kappa shape index (κ3) is 4.92. The predicted octanol–water partition coefficient (Wildman–Crippen LogP) is 1.38. The number of para-hydroxylation sites is 1. The first-order valence-electron chi connectivity index (χ1n) is 5.90. The lowest BCUT2D eigenvalue weighted by Crippen LogP contribution is -2.46. The molecular formula is C13H16N2O3S2. The number of carboxylic acids is 1. The first-order chi connectivity index (χ1) is 9.60. The summed E-state index contributed by atoms with van der Waals surface area (Å²) in [5.41, 5.74) is 1.99. The smallest absolute Gasteiger partial charge is 0.313 e. The van der Waals surface area contributed by atoms with Crippen molar-refractivity contribution in [1.29, 1.82) is 0 Å². The Bertz CT molecular complexity index is 468. The van der Waals surface area contributed by atoms with E-state index in [1.807, 2.05) is 18.2 Å². The average molecular weight is 312 g/mol. The highest BCUT2D eigenvalue weighted by Crippen LogP contribution is 2.14. The van der Waals surface area contributed by atoms with Crippen LogP contribution < -0.4 is 10.2 Å². The molecule has 0 bridgehead atoms. The minimum Gasteiger partial charge on any atom is -0.481 e. The van der Waals surface area contributed by atoms with Gasteiger partial charge in [0.1, 0.15) is 0 Å². The number of nitrogens with zero attached hydrogens (tertiary/aromatic N) is 1. The van der Waals surface area contributed by atoms with Crippen molar-refractivity contribution in [3.63, 3.8) is 0 Å². The summed E-state index contributed by atoms with van der Waals surface area (Å²) in [4.78, 5) is 24.3. The lowest BCUT2D eigenvalue weighted by Gasteiger charge is -2.23. The summed E-state index contributed by atoms with van der Waals surface area (Å²) in [6, 6.07) is 8.59. The van der Waals surface area contributed by atoms with Gasteiger partial charge in [0.25, 0.3) is 0 Å².